The van der Waals surface area contributed by atoms with Gasteiger partial charge < -0.3 is 4.18 Å². The molecule has 0 unspecified atom stereocenters. The molecule has 0 bridgehead atoms. The molecule has 1 aromatic rings. The minimum absolute atomic E-state index is 0.576. The fourth-order valence-corrected chi connectivity index (χ4v) is 0.736. The zero-order chi connectivity index (χ0) is 7.40. The smallest absolute Gasteiger partial charge is 0.138 e. The molecule has 0 radical (unpaired) electrons. The van der Waals surface area contributed by atoms with Crippen molar-refractivity contribution in [3.8, 4) is 11.8 Å². The van der Waals surface area contributed by atoms with Crippen LogP contribution in [0.3, 0.4) is 0 Å². The van der Waals surface area contributed by atoms with Gasteiger partial charge in [-0.2, -0.15) is 5.26 Å². The SMILES string of the molecule is N#Cc1cccc(OS)c1. The fourth-order valence-electron chi connectivity index (χ4n) is 0.622. The van der Waals surface area contributed by atoms with Crippen molar-refractivity contribution in [2.45, 2.75) is 0 Å². The van der Waals surface area contributed by atoms with E-state index in [1.807, 2.05) is 6.07 Å². The second-order valence-electron chi connectivity index (χ2n) is 1.73. The van der Waals surface area contributed by atoms with Crippen LogP contribution in [0, 0.1) is 11.3 Å². The standard InChI is InChI=1S/C7H5NOS/c8-5-6-2-1-3-7(4-6)9-10/h1-4,10H. The van der Waals surface area contributed by atoms with E-state index in [1.165, 1.54) is 0 Å². The van der Waals surface area contributed by atoms with E-state index in [4.69, 9.17) is 5.26 Å². The molecule has 0 amide bonds. The molecular formula is C7H5NOS. The van der Waals surface area contributed by atoms with Crippen LogP contribution < -0.4 is 4.18 Å². The van der Waals surface area contributed by atoms with Gasteiger partial charge in [0.15, 0.2) is 0 Å². The average molecular weight is 151 g/mol. The molecule has 0 aliphatic heterocycles. The zero-order valence-corrected chi connectivity index (χ0v) is 6.01. The summed E-state index contributed by atoms with van der Waals surface area (Å²) in [6, 6.07) is 8.78. The second kappa shape index (κ2) is 3.14. The molecule has 0 aromatic heterocycles. The molecule has 0 saturated carbocycles. The Bertz CT molecular complexity index is 267. The molecule has 0 N–H and O–H groups in total. The summed E-state index contributed by atoms with van der Waals surface area (Å²) in [7, 11) is 0. The van der Waals surface area contributed by atoms with Crippen LogP contribution in [0.25, 0.3) is 0 Å². The Kier molecular flexibility index (Phi) is 2.19. The molecule has 0 saturated heterocycles. The van der Waals surface area contributed by atoms with E-state index in [0.29, 0.717) is 11.3 Å². The maximum atomic E-state index is 8.43. The highest BCUT2D eigenvalue weighted by atomic mass is 32.1. The predicted octanol–water partition coefficient (Wildman–Crippen LogP) is 1.78. The Hall–Kier alpha value is -1.14. The summed E-state index contributed by atoms with van der Waals surface area (Å²) in [5.41, 5.74) is 0.576. The van der Waals surface area contributed by atoms with Crippen molar-refractivity contribution < 1.29 is 4.18 Å². The van der Waals surface area contributed by atoms with Crippen LogP contribution in [0.5, 0.6) is 5.75 Å². The summed E-state index contributed by atoms with van der Waals surface area (Å²) in [5.74, 6) is 0.586. The van der Waals surface area contributed by atoms with Crippen molar-refractivity contribution in [2.24, 2.45) is 0 Å². The van der Waals surface area contributed by atoms with Gasteiger partial charge in [-0.25, -0.2) is 0 Å². The van der Waals surface area contributed by atoms with Crippen LogP contribution in [0.1, 0.15) is 5.56 Å². The fraction of sp³-hybridized carbons (Fsp3) is 0. The lowest BCUT2D eigenvalue weighted by Gasteiger charge is -1.94. The topological polar surface area (TPSA) is 33.0 Å². The summed E-state index contributed by atoms with van der Waals surface area (Å²) < 4.78 is 4.60. The van der Waals surface area contributed by atoms with Crippen LogP contribution in [0.4, 0.5) is 0 Å². The van der Waals surface area contributed by atoms with Gasteiger partial charge in [-0.15, -0.1) is 0 Å². The molecule has 1 aromatic carbocycles. The summed E-state index contributed by atoms with van der Waals surface area (Å²) in [4.78, 5) is 0. The van der Waals surface area contributed by atoms with Crippen LogP contribution in [-0.4, -0.2) is 0 Å². The Morgan fingerprint density at radius 2 is 2.30 bits per heavy atom. The van der Waals surface area contributed by atoms with E-state index in [-0.39, 0.29) is 0 Å². The summed E-state index contributed by atoms with van der Waals surface area (Å²) in [5, 5.41) is 8.43. The molecular weight excluding hydrogens is 146 g/mol. The highest BCUT2D eigenvalue weighted by Gasteiger charge is 1.91. The number of hydrogen-bond donors (Lipinski definition) is 1. The highest BCUT2D eigenvalue weighted by Crippen LogP contribution is 2.12. The number of benzene rings is 1. The molecule has 0 atom stereocenters. The summed E-state index contributed by atoms with van der Waals surface area (Å²) in [6.45, 7) is 0. The maximum absolute atomic E-state index is 8.43. The number of hydrogen-bond acceptors (Lipinski definition) is 3. The first-order valence-corrected chi connectivity index (χ1v) is 3.05. The van der Waals surface area contributed by atoms with Crippen LogP contribution >= 0.6 is 12.9 Å². The van der Waals surface area contributed by atoms with Gasteiger partial charge in [0.1, 0.15) is 5.75 Å². The van der Waals surface area contributed by atoms with Gasteiger partial charge in [0, 0.05) is 12.9 Å². The molecule has 0 heterocycles. The monoisotopic (exact) mass is 151 g/mol. The third-order valence-corrected chi connectivity index (χ3v) is 1.28. The molecule has 0 fully saturated rings. The molecule has 50 valence electrons. The molecule has 2 nitrogen and oxygen atoms in total. The van der Waals surface area contributed by atoms with Crippen molar-refractivity contribution in [3.05, 3.63) is 29.8 Å². The lowest BCUT2D eigenvalue weighted by molar-refractivity contribution is 0.658. The minimum Gasteiger partial charge on any atom is -0.429 e. The molecule has 1 rings (SSSR count). The van der Waals surface area contributed by atoms with E-state index < -0.39 is 0 Å². The first-order chi connectivity index (χ1) is 4.86. The van der Waals surface area contributed by atoms with Crippen molar-refractivity contribution in [3.63, 3.8) is 0 Å². The van der Waals surface area contributed by atoms with Gasteiger partial charge in [-0.1, -0.05) is 6.07 Å². The van der Waals surface area contributed by atoms with E-state index in [2.05, 4.69) is 17.1 Å². The third-order valence-electron chi connectivity index (χ3n) is 1.07. The number of rotatable bonds is 1. The van der Waals surface area contributed by atoms with E-state index in [9.17, 15) is 0 Å². The lowest BCUT2D eigenvalue weighted by atomic mass is 10.2. The third kappa shape index (κ3) is 1.42. The molecule has 10 heavy (non-hydrogen) atoms. The maximum Gasteiger partial charge on any atom is 0.138 e. The minimum atomic E-state index is 0.576. The van der Waals surface area contributed by atoms with Gasteiger partial charge in [-0.3, -0.25) is 0 Å². The van der Waals surface area contributed by atoms with Crippen LogP contribution in [0.15, 0.2) is 24.3 Å². The van der Waals surface area contributed by atoms with Gasteiger partial charge in [0.25, 0.3) is 0 Å². The molecule has 0 aliphatic carbocycles. The van der Waals surface area contributed by atoms with E-state index in [1.54, 1.807) is 24.3 Å². The van der Waals surface area contributed by atoms with Crippen molar-refractivity contribution in [1.82, 2.24) is 0 Å². The largest absolute Gasteiger partial charge is 0.429 e. The van der Waals surface area contributed by atoms with Crippen molar-refractivity contribution in [2.75, 3.05) is 0 Å². The van der Waals surface area contributed by atoms with Gasteiger partial charge >= 0.3 is 0 Å². The van der Waals surface area contributed by atoms with E-state index >= 15 is 0 Å². The average Bonchev–Trinajstić information content (AvgIpc) is 2.05. The quantitative estimate of drug-likeness (QED) is 0.490. The normalized spacial score (nSPS) is 8.40. The van der Waals surface area contributed by atoms with Gasteiger partial charge in [-0.05, 0) is 18.2 Å². The first kappa shape index (κ1) is 6.97. The van der Waals surface area contributed by atoms with Crippen LogP contribution in [0.2, 0.25) is 0 Å². The van der Waals surface area contributed by atoms with Crippen molar-refractivity contribution >= 4 is 12.9 Å². The first-order valence-electron chi connectivity index (χ1n) is 2.68. The molecule has 0 spiro atoms. The highest BCUT2D eigenvalue weighted by molar-refractivity contribution is 7.75. The Balaban J connectivity index is 3.01. The summed E-state index contributed by atoms with van der Waals surface area (Å²) in [6.07, 6.45) is 0. The number of nitriles is 1. The molecule has 0 aliphatic rings. The Morgan fingerprint density at radius 1 is 1.50 bits per heavy atom. The predicted molar refractivity (Wildman–Crippen MR) is 40.8 cm³/mol. The number of thiol groups is 1. The second-order valence-corrected chi connectivity index (χ2v) is 1.91. The van der Waals surface area contributed by atoms with Crippen molar-refractivity contribution in [1.29, 1.82) is 5.26 Å². The van der Waals surface area contributed by atoms with E-state index in [0.717, 1.165) is 0 Å². The lowest BCUT2D eigenvalue weighted by Crippen LogP contribution is -1.76. The van der Waals surface area contributed by atoms with Crippen LogP contribution in [-0.2, 0) is 0 Å². The zero-order valence-electron chi connectivity index (χ0n) is 5.11. The van der Waals surface area contributed by atoms with Gasteiger partial charge in [0.2, 0.25) is 0 Å². The Morgan fingerprint density at radius 3 is 2.90 bits per heavy atom. The Labute approximate surface area is 64.7 Å². The number of nitrogens with zero attached hydrogens (tertiary/aromatic N) is 1. The van der Waals surface area contributed by atoms with Gasteiger partial charge in [0.05, 0.1) is 11.6 Å². The molecule has 3 heteroatoms. The summed E-state index contributed by atoms with van der Waals surface area (Å²) >= 11 is 3.59.